The van der Waals surface area contributed by atoms with E-state index in [4.69, 9.17) is 0 Å². The third kappa shape index (κ3) is 3.64. The third-order valence-electron chi connectivity index (χ3n) is 2.73. The number of halogens is 2. The third-order valence-corrected chi connectivity index (χ3v) is 3.51. The Labute approximate surface area is 125 Å². The molecule has 0 aliphatic rings. The molecule has 0 aliphatic heterocycles. The molecular weight excluding hydrogens is 294 g/mol. The SMILES string of the molecule is CSc1cccc(Nc2ccccc2OC(F)F)c1C#N. The molecule has 0 unspecified atom stereocenters. The zero-order valence-electron chi connectivity index (χ0n) is 11.1. The molecule has 2 aromatic rings. The number of nitriles is 1. The minimum absolute atomic E-state index is 0.0333. The molecule has 0 atom stereocenters. The second-order valence-electron chi connectivity index (χ2n) is 3.99. The molecule has 0 spiro atoms. The number of ether oxygens (including phenoxy) is 1. The fourth-order valence-electron chi connectivity index (χ4n) is 1.83. The monoisotopic (exact) mass is 306 g/mol. The summed E-state index contributed by atoms with van der Waals surface area (Å²) in [5.74, 6) is 0.0333. The van der Waals surface area contributed by atoms with E-state index in [1.54, 1.807) is 30.3 Å². The average Bonchev–Trinajstić information content (AvgIpc) is 2.48. The van der Waals surface area contributed by atoms with E-state index in [1.807, 2.05) is 12.3 Å². The van der Waals surface area contributed by atoms with Crippen LogP contribution >= 0.6 is 11.8 Å². The minimum Gasteiger partial charge on any atom is -0.433 e. The zero-order chi connectivity index (χ0) is 15.2. The van der Waals surface area contributed by atoms with E-state index in [9.17, 15) is 14.0 Å². The predicted molar refractivity (Wildman–Crippen MR) is 79.3 cm³/mol. The van der Waals surface area contributed by atoms with Crippen LogP contribution in [0.2, 0.25) is 0 Å². The van der Waals surface area contributed by atoms with Gasteiger partial charge in [0.1, 0.15) is 11.8 Å². The second-order valence-corrected chi connectivity index (χ2v) is 4.84. The van der Waals surface area contributed by atoms with Crippen LogP contribution in [0.1, 0.15) is 5.56 Å². The van der Waals surface area contributed by atoms with Crippen LogP contribution in [0.25, 0.3) is 0 Å². The summed E-state index contributed by atoms with van der Waals surface area (Å²) in [6, 6.07) is 13.8. The van der Waals surface area contributed by atoms with Gasteiger partial charge in [-0.15, -0.1) is 11.8 Å². The molecule has 2 aromatic carbocycles. The number of hydrogen-bond donors (Lipinski definition) is 1. The molecule has 108 valence electrons. The van der Waals surface area contributed by atoms with Gasteiger partial charge in [-0.3, -0.25) is 0 Å². The summed E-state index contributed by atoms with van der Waals surface area (Å²) in [6.07, 6.45) is 1.87. The lowest BCUT2D eigenvalue weighted by Crippen LogP contribution is -2.05. The number of anilines is 2. The lowest BCUT2D eigenvalue weighted by molar-refractivity contribution is -0.0493. The standard InChI is InChI=1S/C15H12F2N2OS/c1-21-14-8-4-6-11(10(14)9-18)19-12-5-2-3-7-13(12)20-15(16)17/h2-8,15,19H,1H3. The van der Waals surface area contributed by atoms with Crippen LogP contribution in [0.4, 0.5) is 20.2 Å². The smallest absolute Gasteiger partial charge is 0.387 e. The van der Waals surface area contributed by atoms with Crippen molar-refractivity contribution in [3.8, 4) is 11.8 Å². The summed E-state index contributed by atoms with van der Waals surface area (Å²) in [7, 11) is 0. The summed E-state index contributed by atoms with van der Waals surface area (Å²) in [5.41, 5.74) is 1.40. The van der Waals surface area contributed by atoms with Gasteiger partial charge >= 0.3 is 6.61 Å². The van der Waals surface area contributed by atoms with Gasteiger partial charge in [0, 0.05) is 4.90 Å². The number of para-hydroxylation sites is 2. The van der Waals surface area contributed by atoms with Crippen LogP contribution in [0.15, 0.2) is 47.4 Å². The molecular formula is C15H12F2N2OS. The predicted octanol–water partition coefficient (Wildman–Crippen LogP) is 4.63. The van der Waals surface area contributed by atoms with Crippen LogP contribution in [-0.4, -0.2) is 12.9 Å². The number of nitrogens with one attached hydrogen (secondary N) is 1. The molecule has 0 radical (unpaired) electrons. The number of hydrogen-bond acceptors (Lipinski definition) is 4. The van der Waals surface area contributed by atoms with Crippen LogP contribution in [0.5, 0.6) is 5.75 Å². The van der Waals surface area contributed by atoms with Crippen LogP contribution < -0.4 is 10.1 Å². The lowest BCUT2D eigenvalue weighted by atomic mass is 10.2. The second kappa shape index (κ2) is 6.95. The highest BCUT2D eigenvalue weighted by atomic mass is 32.2. The lowest BCUT2D eigenvalue weighted by Gasteiger charge is -2.14. The van der Waals surface area contributed by atoms with E-state index in [0.717, 1.165) is 4.90 Å². The van der Waals surface area contributed by atoms with Crippen LogP contribution in [0.3, 0.4) is 0 Å². The number of benzene rings is 2. The number of nitrogens with zero attached hydrogens (tertiary/aromatic N) is 1. The number of alkyl halides is 2. The average molecular weight is 306 g/mol. The van der Waals surface area contributed by atoms with Gasteiger partial charge in [-0.2, -0.15) is 14.0 Å². The van der Waals surface area contributed by atoms with Crippen LogP contribution in [-0.2, 0) is 0 Å². The molecule has 0 aromatic heterocycles. The van der Waals surface area contributed by atoms with E-state index < -0.39 is 6.61 Å². The molecule has 3 nitrogen and oxygen atoms in total. The van der Waals surface area contributed by atoms with Gasteiger partial charge in [0.15, 0.2) is 0 Å². The Hall–Kier alpha value is -2.26. The van der Waals surface area contributed by atoms with Crippen molar-refractivity contribution in [1.29, 1.82) is 5.26 Å². The summed E-state index contributed by atoms with van der Waals surface area (Å²) >= 11 is 1.45. The molecule has 21 heavy (non-hydrogen) atoms. The summed E-state index contributed by atoms with van der Waals surface area (Å²) in [4.78, 5) is 0.815. The normalized spacial score (nSPS) is 10.2. The van der Waals surface area contributed by atoms with E-state index in [0.29, 0.717) is 16.9 Å². The first-order chi connectivity index (χ1) is 10.2. The van der Waals surface area contributed by atoms with E-state index >= 15 is 0 Å². The molecule has 2 rings (SSSR count). The van der Waals surface area contributed by atoms with Crippen molar-refractivity contribution in [2.45, 2.75) is 11.5 Å². The molecule has 1 N–H and O–H groups in total. The Morgan fingerprint density at radius 2 is 1.86 bits per heavy atom. The van der Waals surface area contributed by atoms with Crippen molar-refractivity contribution in [2.75, 3.05) is 11.6 Å². The highest BCUT2D eigenvalue weighted by Gasteiger charge is 2.12. The molecule has 0 saturated heterocycles. The Balaban J connectivity index is 2.37. The summed E-state index contributed by atoms with van der Waals surface area (Å²) < 4.78 is 29.3. The summed E-state index contributed by atoms with van der Waals surface area (Å²) in [6.45, 7) is -2.90. The van der Waals surface area contributed by atoms with Gasteiger partial charge in [-0.1, -0.05) is 18.2 Å². The minimum atomic E-state index is -2.90. The fraction of sp³-hybridized carbons (Fsp3) is 0.133. The highest BCUT2D eigenvalue weighted by molar-refractivity contribution is 7.98. The Bertz CT molecular complexity index is 671. The first kappa shape index (κ1) is 15.1. The van der Waals surface area contributed by atoms with Gasteiger partial charge in [-0.05, 0) is 30.5 Å². The Kier molecular flexibility index (Phi) is 5.01. The maximum Gasteiger partial charge on any atom is 0.387 e. The molecule has 0 bridgehead atoms. The molecule has 0 saturated carbocycles. The molecule has 0 heterocycles. The Morgan fingerprint density at radius 3 is 2.52 bits per heavy atom. The van der Waals surface area contributed by atoms with Crippen molar-refractivity contribution in [3.63, 3.8) is 0 Å². The van der Waals surface area contributed by atoms with Gasteiger partial charge in [-0.25, -0.2) is 0 Å². The number of thioether (sulfide) groups is 1. The van der Waals surface area contributed by atoms with Gasteiger partial charge in [0.2, 0.25) is 0 Å². The van der Waals surface area contributed by atoms with Crippen LogP contribution in [0, 0.1) is 11.3 Å². The first-order valence-corrected chi connectivity index (χ1v) is 7.26. The van der Waals surface area contributed by atoms with E-state index in [2.05, 4.69) is 16.1 Å². The largest absolute Gasteiger partial charge is 0.433 e. The quantitative estimate of drug-likeness (QED) is 0.818. The number of rotatable bonds is 5. The van der Waals surface area contributed by atoms with Crippen molar-refractivity contribution >= 4 is 23.1 Å². The molecule has 0 fully saturated rings. The zero-order valence-corrected chi connectivity index (χ0v) is 12.0. The van der Waals surface area contributed by atoms with Gasteiger partial charge in [0.25, 0.3) is 0 Å². The summed E-state index contributed by atoms with van der Waals surface area (Å²) in [5, 5.41) is 12.2. The van der Waals surface area contributed by atoms with Crippen molar-refractivity contribution in [3.05, 3.63) is 48.0 Å². The molecule has 0 amide bonds. The maximum absolute atomic E-state index is 12.4. The Morgan fingerprint density at radius 1 is 1.14 bits per heavy atom. The van der Waals surface area contributed by atoms with Gasteiger partial charge < -0.3 is 10.1 Å². The van der Waals surface area contributed by atoms with E-state index in [1.165, 1.54) is 17.8 Å². The van der Waals surface area contributed by atoms with Crippen molar-refractivity contribution in [1.82, 2.24) is 0 Å². The molecule has 6 heteroatoms. The van der Waals surface area contributed by atoms with E-state index in [-0.39, 0.29) is 5.75 Å². The molecule has 0 aliphatic carbocycles. The van der Waals surface area contributed by atoms with Crippen molar-refractivity contribution in [2.24, 2.45) is 0 Å². The first-order valence-electron chi connectivity index (χ1n) is 6.03. The fourth-order valence-corrected chi connectivity index (χ4v) is 2.41. The maximum atomic E-state index is 12.4. The highest BCUT2D eigenvalue weighted by Crippen LogP contribution is 2.32. The van der Waals surface area contributed by atoms with Gasteiger partial charge in [0.05, 0.1) is 16.9 Å². The van der Waals surface area contributed by atoms with Crippen molar-refractivity contribution < 1.29 is 13.5 Å². The topological polar surface area (TPSA) is 45.0 Å².